The van der Waals surface area contributed by atoms with E-state index in [0.29, 0.717) is 8.95 Å². The molecule has 6 N–H and O–H groups in total. The van der Waals surface area contributed by atoms with Crippen LogP contribution in [0, 0.1) is 0 Å². The molecule has 26 heavy (non-hydrogen) atoms. The monoisotopic (exact) mass is 509 g/mol. The smallest absolute Gasteiger partial charge is 0.339 e. The lowest BCUT2D eigenvalue weighted by Gasteiger charge is -2.05. The largest absolute Gasteiger partial charge is 0.478 e. The van der Waals surface area contributed by atoms with E-state index in [1.807, 2.05) is 0 Å². The molecule has 0 unspecified atom stereocenters. The van der Waals surface area contributed by atoms with Gasteiger partial charge in [-0.3, -0.25) is 4.79 Å². The summed E-state index contributed by atoms with van der Waals surface area (Å²) in [7, 11) is -3.60. The van der Waals surface area contributed by atoms with Crippen LogP contribution in [0.25, 0.3) is 0 Å². The SMILES string of the molecule is CS(=O)(=O)NC(=O)c1cc(Br)cnc1N.Nc1ncc(Br)cc1C(=O)O. The van der Waals surface area contributed by atoms with Crippen LogP contribution in [0.4, 0.5) is 11.6 Å². The maximum absolute atomic E-state index is 11.4. The highest BCUT2D eigenvalue weighted by molar-refractivity contribution is 9.10. The Labute approximate surface area is 165 Å². The molecule has 0 aliphatic heterocycles. The van der Waals surface area contributed by atoms with Gasteiger partial charge in [0.2, 0.25) is 10.0 Å². The van der Waals surface area contributed by atoms with E-state index in [1.54, 1.807) is 4.72 Å². The molecule has 0 spiro atoms. The molecule has 0 aromatic carbocycles. The van der Waals surface area contributed by atoms with E-state index >= 15 is 0 Å². The quantitative estimate of drug-likeness (QED) is 0.472. The van der Waals surface area contributed by atoms with Gasteiger partial charge in [0.05, 0.1) is 11.8 Å². The van der Waals surface area contributed by atoms with Crippen molar-refractivity contribution < 1.29 is 23.1 Å². The predicted molar refractivity (Wildman–Crippen MR) is 102 cm³/mol. The van der Waals surface area contributed by atoms with Gasteiger partial charge in [-0.05, 0) is 44.0 Å². The van der Waals surface area contributed by atoms with Crippen molar-refractivity contribution in [2.45, 2.75) is 0 Å². The molecule has 0 atom stereocenters. The molecule has 0 bridgehead atoms. The number of pyridine rings is 2. The number of nitrogens with two attached hydrogens (primary N) is 2. The van der Waals surface area contributed by atoms with Crippen molar-refractivity contribution in [3.8, 4) is 0 Å². The number of sulfonamides is 1. The Hall–Kier alpha value is -2.25. The number of carboxylic acids is 1. The molecule has 140 valence electrons. The van der Waals surface area contributed by atoms with Crippen molar-refractivity contribution >= 4 is 65.4 Å². The van der Waals surface area contributed by atoms with E-state index in [9.17, 15) is 18.0 Å². The third-order valence-electron chi connectivity index (χ3n) is 2.52. The van der Waals surface area contributed by atoms with Crippen molar-refractivity contribution in [2.24, 2.45) is 0 Å². The van der Waals surface area contributed by atoms with Gasteiger partial charge in [0.1, 0.15) is 17.2 Å². The molecule has 2 heterocycles. The van der Waals surface area contributed by atoms with Gasteiger partial charge in [-0.25, -0.2) is 27.9 Å². The summed E-state index contributed by atoms with van der Waals surface area (Å²) in [5.74, 6) is -1.87. The van der Waals surface area contributed by atoms with Gasteiger partial charge in [0, 0.05) is 21.3 Å². The molecular formula is C13H13Br2N5O5S. The molecule has 13 heteroatoms. The second-order valence-electron chi connectivity index (χ2n) is 4.68. The average Bonchev–Trinajstić information content (AvgIpc) is 2.50. The molecule has 2 aromatic heterocycles. The van der Waals surface area contributed by atoms with Crippen molar-refractivity contribution in [3.05, 3.63) is 44.6 Å². The second-order valence-corrected chi connectivity index (χ2v) is 8.26. The number of carbonyl (C=O) groups excluding carboxylic acids is 1. The Bertz CT molecular complexity index is 952. The topological polar surface area (TPSA) is 178 Å². The minimum absolute atomic E-state index is 0.00907. The lowest BCUT2D eigenvalue weighted by molar-refractivity contribution is 0.0697. The van der Waals surface area contributed by atoms with Gasteiger partial charge < -0.3 is 16.6 Å². The summed E-state index contributed by atoms with van der Waals surface area (Å²) < 4.78 is 24.5. The summed E-state index contributed by atoms with van der Waals surface area (Å²) in [6.45, 7) is 0. The molecule has 1 amide bonds. The number of anilines is 2. The van der Waals surface area contributed by atoms with Crippen molar-refractivity contribution in [1.82, 2.24) is 14.7 Å². The normalized spacial score (nSPS) is 10.4. The molecule has 2 aromatic rings. The Kier molecular flexibility index (Phi) is 7.47. The van der Waals surface area contributed by atoms with E-state index in [2.05, 4.69) is 41.8 Å². The van der Waals surface area contributed by atoms with Crippen molar-refractivity contribution in [2.75, 3.05) is 17.7 Å². The van der Waals surface area contributed by atoms with E-state index in [0.717, 1.165) is 6.26 Å². The van der Waals surface area contributed by atoms with Crippen LogP contribution < -0.4 is 16.2 Å². The molecule has 0 fully saturated rings. The van der Waals surface area contributed by atoms with Crippen molar-refractivity contribution in [1.29, 1.82) is 0 Å². The lowest BCUT2D eigenvalue weighted by Crippen LogP contribution is -2.30. The maximum Gasteiger partial charge on any atom is 0.339 e. The first kappa shape index (κ1) is 21.8. The van der Waals surface area contributed by atoms with Gasteiger partial charge in [-0.15, -0.1) is 0 Å². The van der Waals surface area contributed by atoms with Crippen LogP contribution >= 0.6 is 31.9 Å². The van der Waals surface area contributed by atoms with Crippen LogP contribution in [0.1, 0.15) is 20.7 Å². The van der Waals surface area contributed by atoms with Crippen LogP contribution in [0.3, 0.4) is 0 Å². The number of rotatable bonds is 3. The summed E-state index contributed by atoms with van der Waals surface area (Å²) in [4.78, 5) is 29.2. The number of aromatic carboxylic acids is 1. The van der Waals surface area contributed by atoms with Crippen LogP contribution in [0.5, 0.6) is 0 Å². The van der Waals surface area contributed by atoms with Crippen LogP contribution in [0.2, 0.25) is 0 Å². The second kappa shape index (κ2) is 8.91. The fourth-order valence-corrected chi connectivity index (χ4v) is 2.59. The Morgan fingerprint density at radius 2 is 1.46 bits per heavy atom. The fourth-order valence-electron chi connectivity index (χ4n) is 1.48. The van der Waals surface area contributed by atoms with Gasteiger partial charge in [-0.1, -0.05) is 0 Å². The Morgan fingerprint density at radius 3 is 1.85 bits per heavy atom. The number of carboxylic acid groups (broad SMARTS) is 1. The summed E-state index contributed by atoms with van der Waals surface area (Å²) in [6, 6.07) is 2.80. The molecular weight excluding hydrogens is 498 g/mol. The van der Waals surface area contributed by atoms with E-state index in [-0.39, 0.29) is 22.8 Å². The number of aromatic nitrogens is 2. The van der Waals surface area contributed by atoms with E-state index in [4.69, 9.17) is 16.6 Å². The highest BCUT2D eigenvalue weighted by atomic mass is 79.9. The van der Waals surface area contributed by atoms with Gasteiger partial charge in [0.15, 0.2) is 0 Å². The number of halogens is 2. The average molecular weight is 511 g/mol. The molecule has 0 aliphatic rings. The Balaban J connectivity index is 0.000000273. The van der Waals surface area contributed by atoms with Crippen LogP contribution in [-0.2, 0) is 10.0 Å². The molecule has 10 nitrogen and oxygen atoms in total. The zero-order valence-corrected chi connectivity index (χ0v) is 17.1. The number of nitrogens with one attached hydrogen (secondary N) is 1. The molecule has 0 saturated heterocycles. The molecule has 0 saturated carbocycles. The summed E-state index contributed by atoms with van der Waals surface area (Å²) in [5, 5.41) is 8.55. The molecule has 0 radical (unpaired) electrons. The standard InChI is InChI=1S/C7H8BrN3O3S.C6H5BrN2O2/c1-15(13,14)11-7(12)5-2-4(8)3-10-6(5)9;7-3-1-4(6(10)11)5(8)9-2-3/h2-3H,1H3,(H2,9,10)(H,11,12);1-2H,(H2,8,9)(H,10,11). The predicted octanol–water partition coefficient (Wildman–Crippen LogP) is 1.24. The van der Waals surface area contributed by atoms with Gasteiger partial charge in [0.25, 0.3) is 5.91 Å². The fraction of sp³-hybridized carbons (Fsp3) is 0.0769. The minimum atomic E-state index is -3.60. The first-order valence-electron chi connectivity index (χ1n) is 6.48. The first-order valence-corrected chi connectivity index (χ1v) is 9.96. The highest BCUT2D eigenvalue weighted by Gasteiger charge is 2.15. The lowest BCUT2D eigenvalue weighted by atomic mass is 10.2. The third kappa shape index (κ3) is 6.93. The number of nitrogen functional groups attached to an aromatic ring is 2. The summed E-state index contributed by atoms with van der Waals surface area (Å²) >= 11 is 6.18. The van der Waals surface area contributed by atoms with Gasteiger partial charge in [-0.2, -0.15) is 0 Å². The highest BCUT2D eigenvalue weighted by Crippen LogP contribution is 2.16. The zero-order valence-electron chi connectivity index (χ0n) is 13.1. The molecule has 2 rings (SSSR count). The summed E-state index contributed by atoms with van der Waals surface area (Å²) in [6.07, 6.45) is 3.74. The van der Waals surface area contributed by atoms with Crippen molar-refractivity contribution in [3.63, 3.8) is 0 Å². The number of amides is 1. The van der Waals surface area contributed by atoms with Gasteiger partial charge >= 0.3 is 5.97 Å². The number of nitrogens with zero attached hydrogens (tertiary/aromatic N) is 2. The third-order valence-corrected chi connectivity index (χ3v) is 3.95. The van der Waals surface area contributed by atoms with E-state index in [1.165, 1.54) is 24.5 Å². The first-order chi connectivity index (χ1) is 11.9. The molecule has 0 aliphatic carbocycles. The zero-order chi connectivity index (χ0) is 20.1. The summed E-state index contributed by atoms with van der Waals surface area (Å²) in [5.41, 5.74) is 10.7. The number of carbonyl (C=O) groups is 2. The number of hydrogen-bond donors (Lipinski definition) is 4. The van der Waals surface area contributed by atoms with Crippen LogP contribution in [0.15, 0.2) is 33.5 Å². The van der Waals surface area contributed by atoms with E-state index < -0.39 is 21.9 Å². The number of hydrogen-bond acceptors (Lipinski definition) is 8. The van der Waals surface area contributed by atoms with Crippen LogP contribution in [-0.4, -0.2) is 41.6 Å². The minimum Gasteiger partial charge on any atom is -0.478 e. The Morgan fingerprint density at radius 1 is 1.04 bits per heavy atom. The maximum atomic E-state index is 11.4.